The van der Waals surface area contributed by atoms with Gasteiger partial charge in [0.15, 0.2) is 0 Å². The number of ether oxygens (including phenoxy) is 2. The maximum atomic E-state index is 5.39. The molecule has 4 rings (SSSR count). The highest BCUT2D eigenvalue weighted by molar-refractivity contribution is 7.13. The topological polar surface area (TPSA) is 72.4 Å². The summed E-state index contributed by atoms with van der Waals surface area (Å²) in [6, 6.07) is 9.91. The van der Waals surface area contributed by atoms with E-state index in [2.05, 4.69) is 25.6 Å². The third kappa shape index (κ3) is 4.35. The summed E-state index contributed by atoms with van der Waals surface area (Å²) in [5.41, 5.74) is 2.07. The predicted molar refractivity (Wildman–Crippen MR) is 106 cm³/mol. The monoisotopic (exact) mass is 383 g/mol. The van der Waals surface area contributed by atoms with Gasteiger partial charge in [-0.05, 0) is 24.3 Å². The van der Waals surface area contributed by atoms with Crippen LogP contribution in [0.2, 0.25) is 0 Å². The molecule has 27 heavy (non-hydrogen) atoms. The quantitative estimate of drug-likeness (QED) is 0.701. The second-order valence-corrected chi connectivity index (χ2v) is 6.95. The van der Waals surface area contributed by atoms with E-state index >= 15 is 0 Å². The van der Waals surface area contributed by atoms with Crippen LogP contribution in [-0.4, -0.2) is 48.4 Å². The van der Waals surface area contributed by atoms with E-state index in [-0.39, 0.29) is 0 Å². The molecule has 8 heteroatoms. The Morgan fingerprint density at radius 1 is 1.19 bits per heavy atom. The summed E-state index contributed by atoms with van der Waals surface area (Å²) in [6.07, 6.45) is 1.59. The molecule has 0 bridgehead atoms. The van der Waals surface area contributed by atoms with Gasteiger partial charge in [-0.25, -0.2) is 15.0 Å². The van der Waals surface area contributed by atoms with E-state index in [1.807, 2.05) is 30.3 Å². The van der Waals surface area contributed by atoms with Gasteiger partial charge in [0.25, 0.3) is 0 Å². The molecule has 0 aliphatic carbocycles. The van der Waals surface area contributed by atoms with Gasteiger partial charge in [-0.2, -0.15) is 0 Å². The zero-order valence-corrected chi connectivity index (χ0v) is 15.9. The van der Waals surface area contributed by atoms with Gasteiger partial charge in [0, 0.05) is 30.1 Å². The van der Waals surface area contributed by atoms with Crippen LogP contribution in [0.3, 0.4) is 0 Å². The summed E-state index contributed by atoms with van der Waals surface area (Å²) in [6.45, 7) is 3.80. The van der Waals surface area contributed by atoms with Crippen molar-refractivity contribution in [1.29, 1.82) is 0 Å². The molecule has 140 valence electrons. The molecular formula is C19H21N5O2S. The van der Waals surface area contributed by atoms with Crippen molar-refractivity contribution in [1.82, 2.24) is 15.0 Å². The van der Waals surface area contributed by atoms with Crippen molar-refractivity contribution in [2.45, 2.75) is 6.54 Å². The van der Waals surface area contributed by atoms with E-state index in [1.165, 1.54) is 0 Å². The summed E-state index contributed by atoms with van der Waals surface area (Å²) in [5, 5.41) is 6.40. The fraction of sp³-hybridized carbons (Fsp3) is 0.316. The molecule has 1 aliphatic rings. The molecule has 1 N–H and O–H groups in total. The van der Waals surface area contributed by atoms with Gasteiger partial charge in [0.05, 0.1) is 32.6 Å². The highest BCUT2D eigenvalue weighted by Gasteiger charge is 2.13. The van der Waals surface area contributed by atoms with Gasteiger partial charge in [0.1, 0.15) is 28.7 Å². The highest BCUT2D eigenvalue weighted by Crippen LogP contribution is 2.26. The normalized spacial score (nSPS) is 14.2. The van der Waals surface area contributed by atoms with Crippen LogP contribution in [0.4, 0.5) is 11.6 Å². The summed E-state index contributed by atoms with van der Waals surface area (Å²) < 4.78 is 10.6. The van der Waals surface area contributed by atoms with Crippen molar-refractivity contribution < 1.29 is 9.47 Å². The Labute approximate surface area is 162 Å². The molecule has 7 nitrogen and oxygen atoms in total. The van der Waals surface area contributed by atoms with Crippen LogP contribution in [0, 0.1) is 0 Å². The van der Waals surface area contributed by atoms with E-state index < -0.39 is 0 Å². The Hall–Kier alpha value is -2.71. The van der Waals surface area contributed by atoms with Gasteiger partial charge in [-0.1, -0.05) is 0 Å². The van der Waals surface area contributed by atoms with E-state index in [9.17, 15) is 0 Å². The van der Waals surface area contributed by atoms with E-state index in [0.717, 1.165) is 60.0 Å². The smallest absolute Gasteiger partial charge is 0.134 e. The first-order chi connectivity index (χ1) is 13.3. The van der Waals surface area contributed by atoms with Gasteiger partial charge in [0.2, 0.25) is 0 Å². The van der Waals surface area contributed by atoms with E-state index in [4.69, 9.17) is 14.5 Å². The molecule has 0 unspecified atom stereocenters. The summed E-state index contributed by atoms with van der Waals surface area (Å²) in [5.74, 6) is 2.57. The first-order valence-corrected chi connectivity index (χ1v) is 9.67. The lowest BCUT2D eigenvalue weighted by Gasteiger charge is -2.27. The Bertz CT molecular complexity index is 878. The van der Waals surface area contributed by atoms with Gasteiger partial charge < -0.3 is 19.7 Å². The lowest BCUT2D eigenvalue weighted by Crippen LogP contribution is -2.36. The zero-order chi connectivity index (χ0) is 18.5. The average molecular weight is 383 g/mol. The summed E-state index contributed by atoms with van der Waals surface area (Å²) in [7, 11) is 1.67. The third-order valence-electron chi connectivity index (χ3n) is 4.33. The van der Waals surface area contributed by atoms with Crippen molar-refractivity contribution in [2.75, 3.05) is 43.6 Å². The first kappa shape index (κ1) is 17.7. The molecule has 3 heterocycles. The summed E-state index contributed by atoms with van der Waals surface area (Å²) >= 11 is 1.63. The molecule has 0 amide bonds. The molecule has 0 atom stereocenters. The third-order valence-corrected chi connectivity index (χ3v) is 5.27. The van der Waals surface area contributed by atoms with Crippen molar-refractivity contribution in [3.05, 3.63) is 47.7 Å². The largest absolute Gasteiger partial charge is 0.497 e. The van der Waals surface area contributed by atoms with Crippen LogP contribution in [-0.2, 0) is 11.3 Å². The molecule has 2 aromatic heterocycles. The number of nitrogens with zero attached hydrogens (tertiary/aromatic N) is 4. The second-order valence-electron chi connectivity index (χ2n) is 6.09. The van der Waals surface area contributed by atoms with Gasteiger partial charge in [-0.15, -0.1) is 11.3 Å². The van der Waals surface area contributed by atoms with Crippen LogP contribution in [0.1, 0.15) is 5.69 Å². The molecule has 0 saturated carbocycles. The minimum atomic E-state index is 0.617. The van der Waals surface area contributed by atoms with E-state index in [0.29, 0.717) is 6.54 Å². The predicted octanol–water partition coefficient (Wildman–Crippen LogP) is 3.06. The number of morpholine rings is 1. The number of rotatable bonds is 6. The highest BCUT2D eigenvalue weighted by atomic mass is 32.1. The second kappa shape index (κ2) is 8.32. The maximum Gasteiger partial charge on any atom is 0.134 e. The zero-order valence-electron chi connectivity index (χ0n) is 15.1. The minimum Gasteiger partial charge on any atom is -0.497 e. The summed E-state index contributed by atoms with van der Waals surface area (Å²) in [4.78, 5) is 15.6. The molecule has 1 saturated heterocycles. The standard InChI is InChI=1S/C19H21N5O2S/c1-25-16-4-2-14(3-5-16)19-23-15(12-27-19)11-20-17-10-18(22-13-21-17)24-6-8-26-9-7-24/h2-5,10,12-13H,6-9,11H2,1H3,(H,20,21,22). The van der Waals surface area contributed by atoms with E-state index in [1.54, 1.807) is 24.8 Å². The molecule has 3 aromatic rings. The Kier molecular flexibility index (Phi) is 5.45. The van der Waals surface area contributed by atoms with Crippen LogP contribution < -0.4 is 15.0 Å². The fourth-order valence-electron chi connectivity index (χ4n) is 2.84. The maximum absolute atomic E-state index is 5.39. The van der Waals surface area contributed by atoms with Crippen molar-refractivity contribution in [3.63, 3.8) is 0 Å². The van der Waals surface area contributed by atoms with Crippen molar-refractivity contribution in [3.8, 4) is 16.3 Å². The number of hydrogen-bond acceptors (Lipinski definition) is 8. The Morgan fingerprint density at radius 2 is 2.00 bits per heavy atom. The first-order valence-electron chi connectivity index (χ1n) is 8.79. The number of nitrogens with one attached hydrogen (secondary N) is 1. The molecule has 1 fully saturated rings. The number of anilines is 2. The van der Waals surface area contributed by atoms with Crippen LogP contribution in [0.25, 0.3) is 10.6 Å². The van der Waals surface area contributed by atoms with Crippen LogP contribution in [0.15, 0.2) is 42.0 Å². The Morgan fingerprint density at radius 3 is 2.78 bits per heavy atom. The Balaban J connectivity index is 1.39. The number of hydrogen-bond donors (Lipinski definition) is 1. The van der Waals surface area contributed by atoms with Crippen molar-refractivity contribution in [2.24, 2.45) is 0 Å². The molecular weight excluding hydrogens is 362 g/mol. The van der Waals surface area contributed by atoms with Gasteiger partial charge in [-0.3, -0.25) is 0 Å². The van der Waals surface area contributed by atoms with Crippen LogP contribution >= 0.6 is 11.3 Å². The molecule has 1 aromatic carbocycles. The fourth-order valence-corrected chi connectivity index (χ4v) is 3.67. The molecule has 0 radical (unpaired) electrons. The van der Waals surface area contributed by atoms with Gasteiger partial charge >= 0.3 is 0 Å². The molecule has 0 spiro atoms. The average Bonchev–Trinajstić information content (AvgIpc) is 3.22. The lowest BCUT2D eigenvalue weighted by molar-refractivity contribution is 0.122. The van der Waals surface area contributed by atoms with Crippen LogP contribution in [0.5, 0.6) is 5.75 Å². The number of aromatic nitrogens is 3. The molecule has 1 aliphatic heterocycles. The number of thiazole rings is 1. The minimum absolute atomic E-state index is 0.617. The number of methoxy groups -OCH3 is 1. The number of benzene rings is 1. The lowest BCUT2D eigenvalue weighted by atomic mass is 10.2. The van der Waals surface area contributed by atoms with Crippen molar-refractivity contribution >= 4 is 23.0 Å². The SMILES string of the molecule is COc1ccc(-c2nc(CNc3cc(N4CCOCC4)ncn3)cs2)cc1.